The number of hydrogen-bond donors (Lipinski definition) is 2. The summed E-state index contributed by atoms with van der Waals surface area (Å²) in [5.41, 5.74) is 7.61. The van der Waals surface area contributed by atoms with Crippen LogP contribution in [0, 0.1) is 20.8 Å². The van der Waals surface area contributed by atoms with Crippen LogP contribution in [0.2, 0.25) is 0 Å². The first-order valence-electron chi connectivity index (χ1n) is 7.72. The van der Waals surface area contributed by atoms with Gasteiger partial charge in [0.05, 0.1) is 18.7 Å². The highest BCUT2D eigenvalue weighted by Crippen LogP contribution is 2.11. The van der Waals surface area contributed by atoms with Gasteiger partial charge in [0, 0.05) is 5.69 Å². The summed E-state index contributed by atoms with van der Waals surface area (Å²) in [6.07, 6.45) is 0.147. The van der Waals surface area contributed by atoms with E-state index in [4.69, 9.17) is 4.74 Å². The zero-order chi connectivity index (χ0) is 17.5. The van der Waals surface area contributed by atoms with Gasteiger partial charge < -0.3 is 4.74 Å². The van der Waals surface area contributed by atoms with Gasteiger partial charge in [-0.15, -0.1) is 0 Å². The monoisotopic (exact) mass is 330 g/mol. The molecule has 2 rings (SSSR count). The van der Waals surface area contributed by atoms with E-state index < -0.39 is 0 Å². The number of benzene rings is 1. The average Bonchev–Trinajstić information content (AvgIpc) is 2.85. The highest BCUT2D eigenvalue weighted by Gasteiger charge is 2.08. The van der Waals surface area contributed by atoms with Crippen LogP contribution in [0.1, 0.15) is 23.4 Å². The molecule has 0 atom stereocenters. The third-order valence-corrected chi connectivity index (χ3v) is 3.36. The molecular formula is C17H22N4O3. The van der Waals surface area contributed by atoms with E-state index in [0.717, 1.165) is 17.0 Å². The normalized spacial score (nSPS) is 10.3. The summed E-state index contributed by atoms with van der Waals surface area (Å²) in [4.78, 5) is 23.5. The van der Waals surface area contributed by atoms with Crippen LogP contribution in [0.3, 0.4) is 0 Å². The predicted molar refractivity (Wildman–Crippen MR) is 89.3 cm³/mol. The van der Waals surface area contributed by atoms with Crippen molar-refractivity contribution in [1.82, 2.24) is 20.6 Å². The molecule has 0 bridgehead atoms. The first-order valence-corrected chi connectivity index (χ1v) is 7.72. The van der Waals surface area contributed by atoms with Crippen molar-refractivity contribution in [3.8, 4) is 5.75 Å². The van der Waals surface area contributed by atoms with E-state index in [9.17, 15) is 9.59 Å². The molecule has 2 aromatic rings. The molecule has 7 nitrogen and oxygen atoms in total. The fraction of sp³-hybridized carbons (Fsp3) is 0.353. The van der Waals surface area contributed by atoms with Crippen LogP contribution in [0.4, 0.5) is 0 Å². The summed E-state index contributed by atoms with van der Waals surface area (Å²) in [5, 5.41) is 4.19. The van der Waals surface area contributed by atoms with Crippen LogP contribution in [0.15, 0.2) is 30.3 Å². The smallest absolute Gasteiger partial charge is 0.260 e. The summed E-state index contributed by atoms with van der Waals surface area (Å²) in [7, 11) is 0. The lowest BCUT2D eigenvalue weighted by molar-refractivity contribution is -0.129. The minimum absolute atomic E-state index is 0.0554. The lowest BCUT2D eigenvalue weighted by atomic mass is 10.2. The molecule has 0 spiro atoms. The second-order valence-corrected chi connectivity index (χ2v) is 5.59. The van der Waals surface area contributed by atoms with Gasteiger partial charge in [0.25, 0.3) is 5.91 Å². The third kappa shape index (κ3) is 5.42. The molecule has 1 aromatic carbocycles. The van der Waals surface area contributed by atoms with Gasteiger partial charge in [-0.05, 0) is 39.0 Å². The number of carbonyl (C=O) groups excluding carboxylic acids is 2. The second kappa shape index (κ2) is 8.14. The van der Waals surface area contributed by atoms with Gasteiger partial charge in [0.1, 0.15) is 12.3 Å². The minimum atomic E-state index is -0.339. The highest BCUT2D eigenvalue weighted by atomic mass is 16.5. The molecule has 2 N–H and O–H groups in total. The van der Waals surface area contributed by atoms with Gasteiger partial charge >= 0.3 is 0 Å². The van der Waals surface area contributed by atoms with E-state index in [1.807, 2.05) is 51.1 Å². The molecule has 0 saturated carbocycles. The van der Waals surface area contributed by atoms with Crippen LogP contribution in [-0.4, -0.2) is 28.2 Å². The number of rotatable bonds is 6. The fourth-order valence-corrected chi connectivity index (χ4v) is 2.11. The number of nitrogens with zero attached hydrogens (tertiary/aromatic N) is 2. The Balaban J connectivity index is 1.66. The highest BCUT2D eigenvalue weighted by molar-refractivity contribution is 5.81. The van der Waals surface area contributed by atoms with Crippen LogP contribution in [-0.2, 0) is 16.1 Å². The van der Waals surface area contributed by atoms with Crippen LogP contribution in [0.25, 0.3) is 0 Å². The van der Waals surface area contributed by atoms with Gasteiger partial charge in [-0.25, -0.2) is 0 Å². The van der Waals surface area contributed by atoms with Crippen molar-refractivity contribution in [3.63, 3.8) is 0 Å². The molecular weight excluding hydrogens is 308 g/mol. The predicted octanol–water partition coefficient (Wildman–Crippen LogP) is 1.42. The molecule has 7 heteroatoms. The van der Waals surface area contributed by atoms with E-state index in [-0.39, 0.29) is 31.4 Å². The van der Waals surface area contributed by atoms with Gasteiger partial charge in [-0.2, -0.15) is 5.10 Å². The standard InChI is InChI=1S/C17H22N4O3/c1-12-4-6-15(7-5-12)24-9-8-16(22)18-19-17(23)11-21-14(3)10-13(2)20-21/h4-7,10H,8-9,11H2,1-3H3,(H,18,22)(H,19,23). The largest absolute Gasteiger partial charge is 0.493 e. The molecule has 128 valence electrons. The van der Waals surface area contributed by atoms with E-state index >= 15 is 0 Å². The zero-order valence-corrected chi connectivity index (χ0v) is 14.1. The summed E-state index contributed by atoms with van der Waals surface area (Å²) in [6.45, 7) is 6.01. The Bertz CT molecular complexity index is 707. The maximum atomic E-state index is 11.8. The Hall–Kier alpha value is -2.83. The van der Waals surface area contributed by atoms with Crippen molar-refractivity contribution in [3.05, 3.63) is 47.3 Å². The maximum absolute atomic E-state index is 11.8. The molecule has 0 aliphatic carbocycles. The molecule has 0 radical (unpaired) electrons. The second-order valence-electron chi connectivity index (χ2n) is 5.59. The number of carbonyl (C=O) groups is 2. The molecule has 0 aliphatic rings. The average molecular weight is 330 g/mol. The van der Waals surface area contributed by atoms with E-state index in [1.165, 1.54) is 0 Å². The SMILES string of the molecule is Cc1ccc(OCCC(=O)NNC(=O)Cn2nc(C)cc2C)cc1. The maximum Gasteiger partial charge on any atom is 0.260 e. The van der Waals surface area contributed by atoms with Crippen LogP contribution in [0.5, 0.6) is 5.75 Å². The van der Waals surface area contributed by atoms with Gasteiger partial charge in [-0.1, -0.05) is 17.7 Å². The molecule has 1 aromatic heterocycles. The zero-order valence-electron chi connectivity index (χ0n) is 14.1. The summed E-state index contributed by atoms with van der Waals surface area (Å²) < 4.78 is 7.05. The Kier molecular flexibility index (Phi) is 5.95. The Morgan fingerprint density at radius 1 is 1.08 bits per heavy atom. The van der Waals surface area contributed by atoms with Gasteiger partial charge in [-0.3, -0.25) is 25.1 Å². The molecule has 0 aliphatic heterocycles. The summed E-state index contributed by atoms with van der Waals surface area (Å²) in [5.74, 6) is 0.0554. The third-order valence-electron chi connectivity index (χ3n) is 3.36. The minimum Gasteiger partial charge on any atom is -0.493 e. The van der Waals surface area contributed by atoms with Crippen molar-refractivity contribution in [2.45, 2.75) is 33.7 Å². The number of aryl methyl sites for hydroxylation is 3. The van der Waals surface area contributed by atoms with Gasteiger partial charge in [0.15, 0.2) is 0 Å². The molecule has 0 fully saturated rings. The topological polar surface area (TPSA) is 85.3 Å². The van der Waals surface area contributed by atoms with Crippen LogP contribution >= 0.6 is 0 Å². The number of amides is 2. The number of nitrogens with one attached hydrogen (secondary N) is 2. The van der Waals surface area contributed by atoms with Crippen molar-refractivity contribution in [2.24, 2.45) is 0 Å². The van der Waals surface area contributed by atoms with E-state index in [2.05, 4.69) is 16.0 Å². The van der Waals surface area contributed by atoms with E-state index in [1.54, 1.807) is 4.68 Å². The number of ether oxygens (including phenoxy) is 1. The fourth-order valence-electron chi connectivity index (χ4n) is 2.11. The van der Waals surface area contributed by atoms with Crippen LogP contribution < -0.4 is 15.6 Å². The molecule has 24 heavy (non-hydrogen) atoms. The quantitative estimate of drug-likeness (QED) is 0.785. The molecule has 2 amide bonds. The lowest BCUT2D eigenvalue weighted by Gasteiger charge is -2.09. The Morgan fingerprint density at radius 2 is 1.75 bits per heavy atom. The lowest BCUT2D eigenvalue weighted by Crippen LogP contribution is -2.43. The first kappa shape index (κ1) is 17.5. The number of hydrazine groups is 1. The molecule has 0 saturated heterocycles. The Morgan fingerprint density at radius 3 is 2.38 bits per heavy atom. The molecule has 0 unspecified atom stereocenters. The van der Waals surface area contributed by atoms with Crippen molar-refractivity contribution in [1.29, 1.82) is 0 Å². The molecule has 1 heterocycles. The van der Waals surface area contributed by atoms with Crippen molar-refractivity contribution in [2.75, 3.05) is 6.61 Å². The van der Waals surface area contributed by atoms with Crippen molar-refractivity contribution >= 4 is 11.8 Å². The van der Waals surface area contributed by atoms with Gasteiger partial charge in [0.2, 0.25) is 5.91 Å². The summed E-state index contributed by atoms with van der Waals surface area (Å²) >= 11 is 0. The van der Waals surface area contributed by atoms with E-state index in [0.29, 0.717) is 5.75 Å². The Labute approximate surface area is 141 Å². The van der Waals surface area contributed by atoms with Crippen molar-refractivity contribution < 1.29 is 14.3 Å². The summed E-state index contributed by atoms with van der Waals surface area (Å²) in [6, 6.07) is 9.46. The number of aromatic nitrogens is 2. The first-order chi connectivity index (χ1) is 11.4. The number of hydrogen-bond acceptors (Lipinski definition) is 4.